The van der Waals surface area contributed by atoms with E-state index in [9.17, 15) is 0 Å². The zero-order valence-corrected chi connectivity index (χ0v) is 11.2. The van der Waals surface area contributed by atoms with E-state index < -0.39 is 0 Å². The average molecular weight is 278 g/mol. The van der Waals surface area contributed by atoms with Gasteiger partial charge in [-0.05, 0) is 42.8 Å². The van der Waals surface area contributed by atoms with Gasteiger partial charge in [-0.2, -0.15) is 0 Å². The predicted octanol–water partition coefficient (Wildman–Crippen LogP) is 2.68. The van der Waals surface area contributed by atoms with Crippen LogP contribution in [0.3, 0.4) is 0 Å². The Morgan fingerprint density at radius 3 is 2.79 bits per heavy atom. The zero-order chi connectivity index (χ0) is 13.1. The fraction of sp³-hybridized carbons (Fsp3) is 0.385. The third-order valence-electron chi connectivity index (χ3n) is 2.95. The van der Waals surface area contributed by atoms with Gasteiger partial charge in [-0.15, -0.1) is 5.10 Å². The highest BCUT2D eigenvalue weighted by Gasteiger charge is 2.11. The SMILES string of the molecule is S=c1[nH]nc(CCCc2ccc3c(c2)OCCO3)o1. The number of aromatic nitrogens is 2. The summed E-state index contributed by atoms with van der Waals surface area (Å²) in [5.74, 6) is 2.32. The zero-order valence-electron chi connectivity index (χ0n) is 10.3. The minimum atomic E-state index is 0.328. The minimum Gasteiger partial charge on any atom is -0.486 e. The van der Waals surface area contributed by atoms with Gasteiger partial charge < -0.3 is 13.9 Å². The number of rotatable bonds is 4. The smallest absolute Gasteiger partial charge is 0.284 e. The molecule has 2 aromatic rings. The fourth-order valence-electron chi connectivity index (χ4n) is 2.05. The van der Waals surface area contributed by atoms with Crippen molar-refractivity contribution in [2.75, 3.05) is 13.2 Å². The Balaban J connectivity index is 1.59. The van der Waals surface area contributed by atoms with Crippen LogP contribution in [-0.4, -0.2) is 23.4 Å². The molecule has 0 radical (unpaired) electrons. The van der Waals surface area contributed by atoms with Gasteiger partial charge in [0, 0.05) is 6.42 Å². The van der Waals surface area contributed by atoms with E-state index in [2.05, 4.69) is 16.3 Å². The molecule has 1 aliphatic rings. The van der Waals surface area contributed by atoms with Gasteiger partial charge in [-0.25, -0.2) is 5.10 Å². The summed E-state index contributed by atoms with van der Waals surface area (Å²) >= 11 is 4.83. The molecule has 100 valence electrons. The van der Waals surface area contributed by atoms with Crippen molar-refractivity contribution in [3.05, 3.63) is 34.5 Å². The summed E-state index contributed by atoms with van der Waals surface area (Å²) in [6.07, 6.45) is 2.65. The Morgan fingerprint density at radius 1 is 1.16 bits per heavy atom. The molecular formula is C13H14N2O3S. The quantitative estimate of drug-likeness (QED) is 0.871. The first-order valence-electron chi connectivity index (χ1n) is 6.24. The van der Waals surface area contributed by atoms with E-state index in [0.29, 0.717) is 23.9 Å². The van der Waals surface area contributed by atoms with Crippen LogP contribution in [0.1, 0.15) is 17.9 Å². The number of aryl methyl sites for hydroxylation is 2. The van der Waals surface area contributed by atoms with Crippen LogP contribution in [-0.2, 0) is 12.8 Å². The largest absolute Gasteiger partial charge is 0.486 e. The molecule has 1 aromatic carbocycles. The van der Waals surface area contributed by atoms with Crippen molar-refractivity contribution >= 4 is 12.2 Å². The number of nitrogens with one attached hydrogen (secondary N) is 1. The number of H-pyrrole nitrogens is 1. The van der Waals surface area contributed by atoms with Crippen LogP contribution in [0.15, 0.2) is 22.6 Å². The maximum absolute atomic E-state index is 5.56. The lowest BCUT2D eigenvalue weighted by molar-refractivity contribution is 0.171. The molecule has 2 heterocycles. The summed E-state index contributed by atoms with van der Waals surface area (Å²) in [4.78, 5) is 0.328. The number of nitrogens with zero attached hydrogens (tertiary/aromatic N) is 1. The highest BCUT2D eigenvalue weighted by molar-refractivity contribution is 7.71. The van der Waals surface area contributed by atoms with Gasteiger partial charge in [0.15, 0.2) is 11.5 Å². The molecule has 0 unspecified atom stereocenters. The van der Waals surface area contributed by atoms with Crippen molar-refractivity contribution in [3.63, 3.8) is 0 Å². The molecule has 0 saturated heterocycles. The number of benzene rings is 1. The molecule has 6 heteroatoms. The Morgan fingerprint density at radius 2 is 2.00 bits per heavy atom. The molecule has 0 saturated carbocycles. The van der Waals surface area contributed by atoms with E-state index in [-0.39, 0.29) is 0 Å². The topological polar surface area (TPSA) is 60.3 Å². The van der Waals surface area contributed by atoms with Crippen LogP contribution in [0.25, 0.3) is 0 Å². The molecule has 1 N–H and O–H groups in total. The highest BCUT2D eigenvalue weighted by Crippen LogP contribution is 2.31. The Hall–Kier alpha value is -1.82. The summed E-state index contributed by atoms with van der Waals surface area (Å²) in [6, 6.07) is 6.06. The number of hydrogen-bond donors (Lipinski definition) is 1. The van der Waals surface area contributed by atoms with Gasteiger partial charge in [0.05, 0.1) is 0 Å². The molecule has 1 aliphatic heterocycles. The van der Waals surface area contributed by atoms with E-state index in [1.165, 1.54) is 5.56 Å². The standard InChI is InChI=1S/C13H14N2O3S/c19-13-15-14-12(18-13)3-1-2-9-4-5-10-11(8-9)17-7-6-16-10/h4-5,8H,1-3,6-7H2,(H,15,19). The van der Waals surface area contributed by atoms with Crippen LogP contribution < -0.4 is 9.47 Å². The molecule has 5 nitrogen and oxygen atoms in total. The van der Waals surface area contributed by atoms with Gasteiger partial charge >= 0.3 is 0 Å². The summed E-state index contributed by atoms with van der Waals surface area (Å²) in [7, 11) is 0. The molecular weight excluding hydrogens is 264 g/mol. The number of fused-ring (bicyclic) bond motifs is 1. The second kappa shape index (κ2) is 5.44. The van der Waals surface area contributed by atoms with Crippen molar-refractivity contribution in [2.24, 2.45) is 0 Å². The first-order valence-corrected chi connectivity index (χ1v) is 6.65. The van der Waals surface area contributed by atoms with Crippen molar-refractivity contribution in [1.82, 2.24) is 10.2 Å². The van der Waals surface area contributed by atoms with Crippen LogP contribution in [0.5, 0.6) is 11.5 Å². The monoisotopic (exact) mass is 278 g/mol. The molecule has 0 atom stereocenters. The van der Waals surface area contributed by atoms with Crippen molar-refractivity contribution < 1.29 is 13.9 Å². The molecule has 19 heavy (non-hydrogen) atoms. The van der Waals surface area contributed by atoms with E-state index in [0.717, 1.165) is 30.8 Å². The molecule has 0 spiro atoms. The second-order valence-corrected chi connectivity index (χ2v) is 4.71. The summed E-state index contributed by atoms with van der Waals surface area (Å²) in [5.41, 5.74) is 1.22. The molecule has 3 rings (SSSR count). The van der Waals surface area contributed by atoms with E-state index in [1.807, 2.05) is 12.1 Å². The van der Waals surface area contributed by atoms with Crippen LogP contribution in [0.2, 0.25) is 0 Å². The predicted molar refractivity (Wildman–Crippen MR) is 71.1 cm³/mol. The minimum absolute atomic E-state index is 0.328. The van der Waals surface area contributed by atoms with E-state index in [1.54, 1.807) is 0 Å². The number of hydrogen-bond acceptors (Lipinski definition) is 5. The first-order chi connectivity index (χ1) is 9.31. The Labute approximate surface area is 115 Å². The van der Waals surface area contributed by atoms with Crippen LogP contribution in [0.4, 0.5) is 0 Å². The molecule has 0 aliphatic carbocycles. The van der Waals surface area contributed by atoms with Crippen molar-refractivity contribution in [1.29, 1.82) is 0 Å². The number of ether oxygens (including phenoxy) is 2. The first kappa shape index (κ1) is 12.2. The van der Waals surface area contributed by atoms with Gasteiger partial charge in [0.2, 0.25) is 5.89 Å². The normalized spacial score (nSPS) is 13.5. The van der Waals surface area contributed by atoms with Gasteiger partial charge in [-0.1, -0.05) is 6.07 Å². The molecule has 1 aromatic heterocycles. The van der Waals surface area contributed by atoms with Gasteiger partial charge in [0.25, 0.3) is 4.84 Å². The number of aromatic amines is 1. The van der Waals surface area contributed by atoms with E-state index in [4.69, 9.17) is 26.1 Å². The Bertz CT molecular complexity index is 620. The highest BCUT2D eigenvalue weighted by atomic mass is 32.1. The van der Waals surface area contributed by atoms with Gasteiger partial charge in [-0.3, -0.25) is 0 Å². The summed E-state index contributed by atoms with van der Waals surface area (Å²) in [6.45, 7) is 1.24. The lowest BCUT2D eigenvalue weighted by Crippen LogP contribution is -2.15. The maximum atomic E-state index is 5.56. The third kappa shape index (κ3) is 2.96. The lowest BCUT2D eigenvalue weighted by Gasteiger charge is -2.18. The average Bonchev–Trinajstić information content (AvgIpc) is 2.84. The third-order valence-corrected chi connectivity index (χ3v) is 3.12. The van der Waals surface area contributed by atoms with Crippen molar-refractivity contribution in [2.45, 2.75) is 19.3 Å². The van der Waals surface area contributed by atoms with Crippen LogP contribution in [0, 0.1) is 4.84 Å². The second-order valence-electron chi connectivity index (χ2n) is 4.34. The molecule has 0 bridgehead atoms. The maximum Gasteiger partial charge on any atom is 0.284 e. The van der Waals surface area contributed by atoms with Crippen molar-refractivity contribution in [3.8, 4) is 11.5 Å². The molecule has 0 amide bonds. The summed E-state index contributed by atoms with van der Waals surface area (Å²) < 4.78 is 16.3. The Kier molecular flexibility index (Phi) is 3.50. The van der Waals surface area contributed by atoms with Crippen LogP contribution >= 0.6 is 12.2 Å². The molecule has 0 fully saturated rings. The van der Waals surface area contributed by atoms with Gasteiger partial charge in [0.1, 0.15) is 13.2 Å². The lowest BCUT2D eigenvalue weighted by atomic mass is 10.1. The fourth-order valence-corrected chi connectivity index (χ4v) is 2.20. The van der Waals surface area contributed by atoms with E-state index >= 15 is 0 Å². The summed E-state index contributed by atoms with van der Waals surface area (Å²) in [5, 5.41) is 6.60.